The largest absolute Gasteiger partial charge is 0.443 e. The first-order valence-electron chi connectivity index (χ1n) is 5.70. The molecule has 0 atom stereocenters. The van der Waals surface area contributed by atoms with Gasteiger partial charge in [0.2, 0.25) is 0 Å². The lowest BCUT2D eigenvalue weighted by molar-refractivity contribution is 0.0417. The predicted octanol–water partition coefficient (Wildman–Crippen LogP) is 2.94. The van der Waals surface area contributed by atoms with Crippen molar-refractivity contribution in [2.24, 2.45) is 0 Å². The number of carbonyl (C=O) groups is 1. The van der Waals surface area contributed by atoms with E-state index in [0.717, 1.165) is 12.1 Å². The Kier molecular flexibility index (Phi) is 4.75. The molecule has 0 aliphatic carbocycles. The third kappa shape index (κ3) is 3.89. The first-order chi connectivity index (χ1) is 8.00. The van der Waals surface area contributed by atoms with E-state index in [1.807, 2.05) is 51.1 Å². The highest BCUT2D eigenvalue weighted by Gasteiger charge is 2.24. The second-order valence-electron chi connectivity index (χ2n) is 4.40. The summed E-state index contributed by atoms with van der Waals surface area (Å²) in [7, 11) is 3.36. The van der Waals surface area contributed by atoms with Crippen LogP contribution in [-0.4, -0.2) is 28.1 Å². The first-order valence-corrected chi connectivity index (χ1v) is 6.41. The third-order valence-electron chi connectivity index (χ3n) is 2.66. The molecule has 4 heteroatoms. The fourth-order valence-corrected chi connectivity index (χ4v) is 1.54. The molecule has 1 aromatic rings. The molecule has 0 saturated heterocycles. The molecule has 0 saturated carbocycles. The molecular formula is C13H18NO2Si. The van der Waals surface area contributed by atoms with Gasteiger partial charge in [-0.05, 0) is 32.4 Å². The summed E-state index contributed by atoms with van der Waals surface area (Å²) in [6, 6.07) is 9.45. The minimum Gasteiger partial charge on any atom is -0.443 e. The van der Waals surface area contributed by atoms with Gasteiger partial charge in [0.25, 0.3) is 0 Å². The fourth-order valence-electron chi connectivity index (χ4n) is 1.23. The van der Waals surface area contributed by atoms with Crippen molar-refractivity contribution < 1.29 is 9.53 Å². The molecule has 17 heavy (non-hydrogen) atoms. The maximum Gasteiger partial charge on any atom is 0.414 e. The smallest absolute Gasteiger partial charge is 0.414 e. The van der Waals surface area contributed by atoms with Crippen LogP contribution >= 0.6 is 0 Å². The molecule has 0 aromatic heterocycles. The number of amides is 1. The lowest BCUT2D eigenvalue weighted by Gasteiger charge is -2.28. The van der Waals surface area contributed by atoms with Crippen molar-refractivity contribution in [2.75, 3.05) is 11.1 Å². The van der Waals surface area contributed by atoms with Crippen molar-refractivity contribution in [3.8, 4) is 0 Å². The Morgan fingerprint density at radius 1 is 1.35 bits per heavy atom. The van der Waals surface area contributed by atoms with Crippen LogP contribution in [0.5, 0.6) is 0 Å². The molecule has 91 valence electrons. The number of ether oxygens (including phenoxy) is 1. The number of hydrogen-bond acceptors (Lipinski definition) is 2. The lowest BCUT2D eigenvalue weighted by atomic mass is 10.1. The van der Waals surface area contributed by atoms with Gasteiger partial charge in [-0.25, -0.2) is 4.79 Å². The molecule has 1 aromatic carbocycles. The highest BCUT2D eigenvalue weighted by atomic mass is 28.1. The van der Waals surface area contributed by atoms with E-state index in [4.69, 9.17) is 4.74 Å². The van der Waals surface area contributed by atoms with Gasteiger partial charge in [-0.3, -0.25) is 4.90 Å². The topological polar surface area (TPSA) is 29.5 Å². The van der Waals surface area contributed by atoms with Crippen LogP contribution in [0.3, 0.4) is 0 Å². The zero-order valence-electron chi connectivity index (χ0n) is 10.6. The maximum absolute atomic E-state index is 12.0. The number of hydrogen-bond donors (Lipinski definition) is 0. The standard InChI is InChI=1S/C13H18NO2Si/c1-4-13(2,3)16-12(15)14(10-17)11-8-6-5-7-9-11/h5-9H,4,10H2,1-3H3. The van der Waals surface area contributed by atoms with Crippen LogP contribution in [0.15, 0.2) is 30.3 Å². The molecule has 0 aliphatic rings. The fraction of sp³-hybridized carbons (Fsp3) is 0.462. The monoisotopic (exact) mass is 248 g/mol. The minimum absolute atomic E-state index is 0.335. The Labute approximate surface area is 106 Å². The van der Waals surface area contributed by atoms with Crippen LogP contribution < -0.4 is 4.90 Å². The summed E-state index contributed by atoms with van der Waals surface area (Å²) >= 11 is 0. The van der Waals surface area contributed by atoms with E-state index in [9.17, 15) is 4.79 Å². The molecule has 3 radical (unpaired) electrons. The van der Waals surface area contributed by atoms with E-state index in [-0.39, 0.29) is 6.09 Å². The summed E-state index contributed by atoms with van der Waals surface area (Å²) < 4.78 is 5.45. The SMILES string of the molecule is CCC(C)(C)OC(=O)N(C[Si])c1ccccc1. The van der Waals surface area contributed by atoms with Crippen LogP contribution in [0, 0.1) is 0 Å². The van der Waals surface area contributed by atoms with Gasteiger partial charge >= 0.3 is 6.09 Å². The average molecular weight is 248 g/mol. The molecule has 0 fully saturated rings. The number of carbonyl (C=O) groups excluding carboxylic acids is 1. The molecule has 0 N–H and O–H groups in total. The van der Waals surface area contributed by atoms with Crippen molar-refractivity contribution in [3.63, 3.8) is 0 Å². The van der Waals surface area contributed by atoms with Crippen molar-refractivity contribution in [1.29, 1.82) is 0 Å². The van der Waals surface area contributed by atoms with Crippen LogP contribution in [0.1, 0.15) is 27.2 Å². The number of rotatable bonds is 4. The van der Waals surface area contributed by atoms with Crippen molar-refractivity contribution in [3.05, 3.63) is 30.3 Å². The highest BCUT2D eigenvalue weighted by molar-refractivity contribution is 6.13. The second-order valence-corrected chi connectivity index (χ2v) is 4.72. The summed E-state index contributed by atoms with van der Waals surface area (Å²) in [5.74, 6) is 0. The van der Waals surface area contributed by atoms with Crippen molar-refractivity contribution in [1.82, 2.24) is 0 Å². The van der Waals surface area contributed by atoms with Gasteiger partial charge < -0.3 is 4.74 Å². The normalized spacial score (nSPS) is 11.1. The van der Waals surface area contributed by atoms with Gasteiger partial charge in [0.05, 0.1) is 10.2 Å². The number of benzene rings is 1. The molecule has 0 heterocycles. The Hall–Kier alpha value is -1.29. The van der Waals surface area contributed by atoms with E-state index < -0.39 is 5.60 Å². The zero-order valence-corrected chi connectivity index (χ0v) is 11.6. The molecule has 0 bridgehead atoms. The zero-order chi connectivity index (χ0) is 12.9. The lowest BCUT2D eigenvalue weighted by Crippen LogP contribution is -2.38. The van der Waals surface area contributed by atoms with E-state index in [0.29, 0.717) is 6.17 Å². The molecule has 0 unspecified atom stereocenters. The summed E-state index contributed by atoms with van der Waals surface area (Å²) in [6.45, 7) is 5.80. The summed E-state index contributed by atoms with van der Waals surface area (Å²) in [4.78, 5) is 13.6. The number of nitrogens with zero attached hydrogens (tertiary/aromatic N) is 1. The second kappa shape index (κ2) is 5.86. The molecule has 3 nitrogen and oxygen atoms in total. The van der Waals surface area contributed by atoms with Gasteiger partial charge in [-0.2, -0.15) is 0 Å². The average Bonchev–Trinajstić information content (AvgIpc) is 2.31. The molecular weight excluding hydrogens is 230 g/mol. The number of anilines is 1. The molecule has 0 spiro atoms. The van der Waals surface area contributed by atoms with Crippen LogP contribution in [0.4, 0.5) is 10.5 Å². The van der Waals surface area contributed by atoms with Crippen LogP contribution in [0.2, 0.25) is 0 Å². The van der Waals surface area contributed by atoms with E-state index in [1.54, 1.807) is 4.90 Å². The summed E-state index contributed by atoms with van der Waals surface area (Å²) in [5.41, 5.74) is 0.380. The van der Waals surface area contributed by atoms with Gasteiger partial charge in [-0.15, -0.1) is 0 Å². The Morgan fingerprint density at radius 3 is 2.41 bits per heavy atom. The Balaban J connectivity index is 2.79. The van der Waals surface area contributed by atoms with Gasteiger partial charge in [0.1, 0.15) is 5.60 Å². The summed E-state index contributed by atoms with van der Waals surface area (Å²) in [6.07, 6.45) is 0.851. The summed E-state index contributed by atoms with van der Waals surface area (Å²) in [5, 5.41) is 0. The molecule has 0 aliphatic heterocycles. The van der Waals surface area contributed by atoms with Gasteiger partial charge in [0.15, 0.2) is 0 Å². The van der Waals surface area contributed by atoms with E-state index >= 15 is 0 Å². The number of para-hydroxylation sites is 1. The van der Waals surface area contributed by atoms with Gasteiger partial charge in [0, 0.05) is 11.9 Å². The Morgan fingerprint density at radius 2 is 1.94 bits per heavy atom. The van der Waals surface area contributed by atoms with E-state index in [1.165, 1.54) is 0 Å². The third-order valence-corrected chi connectivity index (χ3v) is 2.98. The Bertz CT molecular complexity index is 365. The first kappa shape index (κ1) is 13.8. The van der Waals surface area contributed by atoms with Gasteiger partial charge in [-0.1, -0.05) is 25.1 Å². The maximum atomic E-state index is 12.0. The predicted molar refractivity (Wildman–Crippen MR) is 70.4 cm³/mol. The minimum atomic E-state index is -0.439. The highest BCUT2D eigenvalue weighted by Crippen LogP contribution is 2.19. The quantitative estimate of drug-likeness (QED) is 0.767. The van der Waals surface area contributed by atoms with Crippen LogP contribution in [0.25, 0.3) is 0 Å². The molecule has 1 amide bonds. The van der Waals surface area contributed by atoms with Crippen molar-refractivity contribution >= 4 is 22.0 Å². The van der Waals surface area contributed by atoms with Crippen LogP contribution in [-0.2, 0) is 4.74 Å². The molecule has 1 rings (SSSR count). The van der Waals surface area contributed by atoms with E-state index in [2.05, 4.69) is 10.2 Å². The van der Waals surface area contributed by atoms with Crippen molar-refractivity contribution in [2.45, 2.75) is 32.8 Å².